The van der Waals surface area contributed by atoms with E-state index in [9.17, 15) is 4.79 Å². The number of benzene rings is 1. The summed E-state index contributed by atoms with van der Waals surface area (Å²) < 4.78 is 5.26. The summed E-state index contributed by atoms with van der Waals surface area (Å²) in [6.07, 6.45) is 8.41. The normalized spacial score (nSPS) is 26.9. The molecular formula is C22H32N2O2. The third kappa shape index (κ3) is 4.06. The zero-order valence-electron chi connectivity index (χ0n) is 16.0. The minimum absolute atomic E-state index is 0.418. The van der Waals surface area contributed by atoms with Crippen molar-refractivity contribution >= 4 is 5.91 Å². The number of amides is 1. The van der Waals surface area contributed by atoms with Crippen molar-refractivity contribution in [2.45, 2.75) is 57.5 Å². The first kappa shape index (κ1) is 17.8. The Kier molecular flexibility index (Phi) is 5.49. The molecule has 3 aliphatic heterocycles. The number of nitrogens with zero attached hydrogens (tertiary/aromatic N) is 2. The molecule has 2 bridgehead atoms. The molecule has 2 atom stereocenters. The highest BCUT2D eigenvalue weighted by molar-refractivity contribution is 5.77. The van der Waals surface area contributed by atoms with Crippen molar-refractivity contribution in [3.63, 3.8) is 0 Å². The van der Waals surface area contributed by atoms with Gasteiger partial charge in [0.25, 0.3) is 0 Å². The number of rotatable bonds is 5. The van der Waals surface area contributed by atoms with E-state index in [4.69, 9.17) is 4.74 Å². The van der Waals surface area contributed by atoms with Gasteiger partial charge in [0.2, 0.25) is 5.91 Å². The number of ether oxygens (including phenoxy) is 1. The maximum Gasteiger partial charge on any atom is 0.223 e. The highest BCUT2D eigenvalue weighted by Gasteiger charge is 2.37. The Bertz CT molecular complexity index is 609. The van der Waals surface area contributed by atoms with E-state index in [0.29, 0.717) is 23.8 Å². The molecule has 5 rings (SSSR count). The average Bonchev–Trinajstić information content (AvgIpc) is 3.01. The lowest BCUT2D eigenvalue weighted by Gasteiger charge is -2.37. The Hall–Kier alpha value is -1.55. The van der Waals surface area contributed by atoms with E-state index in [-0.39, 0.29) is 0 Å². The summed E-state index contributed by atoms with van der Waals surface area (Å²) in [5.74, 6) is 2.63. The summed E-state index contributed by atoms with van der Waals surface area (Å²) in [6.45, 7) is 4.10. The predicted octanol–water partition coefficient (Wildman–Crippen LogP) is 3.70. The number of hydrogen-bond donors (Lipinski definition) is 0. The second kappa shape index (κ2) is 7.99. The van der Waals surface area contributed by atoms with Gasteiger partial charge in [0.1, 0.15) is 5.75 Å². The minimum Gasteiger partial charge on any atom is -0.497 e. The van der Waals surface area contributed by atoms with Gasteiger partial charge in [-0.05, 0) is 55.2 Å². The van der Waals surface area contributed by atoms with Gasteiger partial charge in [-0.1, -0.05) is 25.0 Å². The highest BCUT2D eigenvalue weighted by Crippen LogP contribution is 2.32. The molecule has 0 radical (unpaired) electrons. The van der Waals surface area contributed by atoms with Crippen LogP contribution in [0.15, 0.2) is 24.3 Å². The van der Waals surface area contributed by atoms with Crippen molar-refractivity contribution in [3.8, 4) is 5.75 Å². The smallest absolute Gasteiger partial charge is 0.223 e. The van der Waals surface area contributed by atoms with E-state index in [1.807, 2.05) is 12.1 Å². The third-order valence-corrected chi connectivity index (χ3v) is 6.61. The van der Waals surface area contributed by atoms with Crippen LogP contribution in [0.2, 0.25) is 0 Å². The lowest BCUT2D eigenvalue weighted by molar-refractivity contribution is -0.136. The molecule has 0 unspecified atom stereocenters. The molecule has 1 amide bonds. The maximum absolute atomic E-state index is 12.9. The summed E-state index contributed by atoms with van der Waals surface area (Å²) in [5, 5.41) is 0. The first-order valence-corrected chi connectivity index (χ1v) is 10.4. The zero-order chi connectivity index (χ0) is 17.9. The van der Waals surface area contributed by atoms with Gasteiger partial charge in [-0.3, -0.25) is 9.69 Å². The Labute approximate surface area is 157 Å². The molecule has 0 N–H and O–H groups in total. The molecule has 4 aliphatic rings. The molecule has 142 valence electrons. The number of piperidine rings is 1. The minimum atomic E-state index is 0.418. The monoisotopic (exact) mass is 356 g/mol. The summed E-state index contributed by atoms with van der Waals surface area (Å²) >= 11 is 0. The summed E-state index contributed by atoms with van der Waals surface area (Å²) in [7, 11) is 1.71. The summed E-state index contributed by atoms with van der Waals surface area (Å²) in [6, 6.07) is 8.82. The van der Waals surface area contributed by atoms with Crippen molar-refractivity contribution < 1.29 is 9.53 Å². The summed E-state index contributed by atoms with van der Waals surface area (Å²) in [5.41, 5.74) is 1.33. The molecule has 3 saturated heterocycles. The van der Waals surface area contributed by atoms with Crippen LogP contribution in [0.3, 0.4) is 0 Å². The van der Waals surface area contributed by atoms with Crippen LogP contribution in [0.5, 0.6) is 5.75 Å². The first-order valence-electron chi connectivity index (χ1n) is 10.4. The Morgan fingerprint density at radius 1 is 1.04 bits per heavy atom. The lowest BCUT2D eigenvalue weighted by atomic mass is 9.93. The fraction of sp³-hybridized carbons (Fsp3) is 0.682. The van der Waals surface area contributed by atoms with E-state index in [2.05, 4.69) is 21.9 Å². The van der Waals surface area contributed by atoms with Crippen LogP contribution in [0, 0.1) is 11.8 Å². The second-order valence-corrected chi connectivity index (χ2v) is 8.54. The molecule has 1 aromatic carbocycles. The quantitative estimate of drug-likeness (QED) is 0.806. The van der Waals surface area contributed by atoms with E-state index in [1.165, 1.54) is 44.1 Å². The maximum atomic E-state index is 12.9. The van der Waals surface area contributed by atoms with Crippen LogP contribution in [0.25, 0.3) is 0 Å². The topological polar surface area (TPSA) is 32.8 Å². The van der Waals surface area contributed by atoms with Crippen LogP contribution in [-0.2, 0) is 11.3 Å². The number of hydrogen-bond acceptors (Lipinski definition) is 3. The average molecular weight is 357 g/mol. The number of carbonyl (C=O) groups excluding carboxylic acids is 1. The zero-order valence-corrected chi connectivity index (χ0v) is 16.0. The van der Waals surface area contributed by atoms with Crippen molar-refractivity contribution in [2.24, 2.45) is 11.8 Å². The molecule has 4 nitrogen and oxygen atoms in total. The van der Waals surface area contributed by atoms with Crippen LogP contribution >= 0.6 is 0 Å². The number of carbonyl (C=O) groups is 1. The predicted molar refractivity (Wildman–Crippen MR) is 103 cm³/mol. The third-order valence-electron chi connectivity index (χ3n) is 6.61. The highest BCUT2D eigenvalue weighted by atomic mass is 16.5. The molecule has 26 heavy (non-hydrogen) atoms. The molecule has 1 aromatic rings. The van der Waals surface area contributed by atoms with Gasteiger partial charge < -0.3 is 9.64 Å². The van der Waals surface area contributed by atoms with Crippen molar-refractivity contribution in [3.05, 3.63) is 29.8 Å². The van der Waals surface area contributed by atoms with Crippen LogP contribution in [0.1, 0.15) is 50.5 Å². The molecule has 3 heterocycles. The number of methoxy groups -OCH3 is 1. The molecule has 4 fully saturated rings. The van der Waals surface area contributed by atoms with Gasteiger partial charge in [0.05, 0.1) is 7.11 Å². The van der Waals surface area contributed by atoms with Gasteiger partial charge in [-0.25, -0.2) is 0 Å². The largest absolute Gasteiger partial charge is 0.497 e. The van der Waals surface area contributed by atoms with Crippen molar-refractivity contribution in [1.82, 2.24) is 9.80 Å². The molecule has 1 aliphatic carbocycles. The van der Waals surface area contributed by atoms with E-state index in [1.54, 1.807) is 7.11 Å². The van der Waals surface area contributed by atoms with Crippen LogP contribution in [-0.4, -0.2) is 48.5 Å². The first-order chi connectivity index (χ1) is 12.7. The second-order valence-electron chi connectivity index (χ2n) is 8.54. The molecule has 4 heteroatoms. The Morgan fingerprint density at radius 2 is 1.81 bits per heavy atom. The van der Waals surface area contributed by atoms with Gasteiger partial charge in [0, 0.05) is 38.6 Å². The van der Waals surface area contributed by atoms with Gasteiger partial charge in [-0.2, -0.15) is 0 Å². The molecular weight excluding hydrogens is 324 g/mol. The molecule has 1 saturated carbocycles. The van der Waals surface area contributed by atoms with Gasteiger partial charge >= 0.3 is 0 Å². The van der Waals surface area contributed by atoms with E-state index in [0.717, 1.165) is 38.3 Å². The fourth-order valence-corrected chi connectivity index (χ4v) is 5.18. The SMILES string of the molecule is COc1ccc(CN2C[C@H]3CC[C@@H](C2)N(C(=O)CC2CCCC2)C3)cc1. The Balaban J connectivity index is 1.38. The van der Waals surface area contributed by atoms with Crippen molar-refractivity contribution in [1.29, 1.82) is 0 Å². The standard InChI is InChI=1S/C22H32N2O2/c1-26-21-10-7-18(8-11-21)13-23-14-19-6-9-20(16-23)24(15-19)22(25)12-17-4-2-3-5-17/h7-8,10-11,17,19-20H,2-6,9,12-16H2,1H3/t19-,20+/m1/s1. The van der Waals surface area contributed by atoms with Crippen molar-refractivity contribution in [2.75, 3.05) is 26.7 Å². The molecule has 0 spiro atoms. The van der Waals surface area contributed by atoms with Crippen LogP contribution in [0.4, 0.5) is 0 Å². The van der Waals surface area contributed by atoms with E-state index >= 15 is 0 Å². The van der Waals surface area contributed by atoms with Crippen LogP contribution < -0.4 is 4.74 Å². The fourth-order valence-electron chi connectivity index (χ4n) is 5.18. The lowest BCUT2D eigenvalue weighted by Crippen LogP contribution is -2.47. The Morgan fingerprint density at radius 3 is 2.54 bits per heavy atom. The number of fused-ring (bicyclic) bond motifs is 4. The van der Waals surface area contributed by atoms with E-state index < -0.39 is 0 Å². The van der Waals surface area contributed by atoms with Gasteiger partial charge in [0.15, 0.2) is 0 Å². The van der Waals surface area contributed by atoms with Gasteiger partial charge in [-0.15, -0.1) is 0 Å². The summed E-state index contributed by atoms with van der Waals surface area (Å²) in [4.78, 5) is 17.7. The molecule has 0 aromatic heterocycles.